The number of aliphatic hydroxyl groups excluding tert-OH is 1. The molecule has 0 aromatic heterocycles. The van der Waals surface area contributed by atoms with Crippen LogP contribution in [0.1, 0.15) is 62.2 Å². The van der Waals surface area contributed by atoms with Crippen LogP contribution in [-0.2, 0) is 0 Å². The van der Waals surface area contributed by atoms with Crippen molar-refractivity contribution in [3.8, 4) is 5.75 Å². The number of likely N-dealkylation sites (tertiary alicyclic amines) is 1. The van der Waals surface area contributed by atoms with Crippen molar-refractivity contribution in [3.05, 3.63) is 65.7 Å². The summed E-state index contributed by atoms with van der Waals surface area (Å²) >= 11 is 0. The molecule has 4 heteroatoms. The summed E-state index contributed by atoms with van der Waals surface area (Å²) in [5.74, 6) is 1.01. The molecule has 2 atom stereocenters. The molecule has 0 aliphatic carbocycles. The number of hydrogen-bond donors (Lipinski definition) is 2. The number of benzene rings is 2. The van der Waals surface area contributed by atoms with Crippen LogP contribution >= 0.6 is 0 Å². The van der Waals surface area contributed by atoms with E-state index in [1.54, 1.807) is 4.90 Å². The van der Waals surface area contributed by atoms with Gasteiger partial charge in [-0.2, -0.15) is 0 Å². The Morgan fingerprint density at radius 2 is 1.61 bits per heavy atom. The van der Waals surface area contributed by atoms with Crippen molar-refractivity contribution in [1.29, 1.82) is 0 Å². The molecule has 3 nitrogen and oxygen atoms in total. The van der Waals surface area contributed by atoms with Gasteiger partial charge in [0, 0.05) is 12.8 Å². The number of hydrogen-bond acceptors (Lipinski definition) is 2. The fourth-order valence-electron chi connectivity index (χ4n) is 4.04. The van der Waals surface area contributed by atoms with E-state index in [1.807, 2.05) is 30.3 Å². The van der Waals surface area contributed by atoms with Gasteiger partial charge in [-0.1, -0.05) is 62.2 Å². The van der Waals surface area contributed by atoms with Crippen LogP contribution < -0.4 is 22.0 Å². The zero-order valence-electron chi connectivity index (χ0n) is 16.9. The molecule has 0 radical (unpaired) electrons. The van der Waals surface area contributed by atoms with E-state index >= 15 is 0 Å². The van der Waals surface area contributed by atoms with Gasteiger partial charge in [-0.15, -0.1) is 0 Å². The molecule has 0 amide bonds. The van der Waals surface area contributed by atoms with Gasteiger partial charge in [-0.05, 0) is 29.7 Å². The highest BCUT2D eigenvalue weighted by Crippen LogP contribution is 2.31. The van der Waals surface area contributed by atoms with Gasteiger partial charge in [0.1, 0.15) is 5.75 Å². The molecular formula is C24H34ClNO2. The number of rotatable bonds is 10. The number of quaternary nitrogens is 1. The van der Waals surface area contributed by atoms with Crippen molar-refractivity contribution in [3.63, 3.8) is 0 Å². The molecule has 0 spiro atoms. The number of nitrogens with one attached hydrogen (secondary N) is 1. The summed E-state index contributed by atoms with van der Waals surface area (Å²) in [4.78, 5) is 1.61. The Balaban J connectivity index is 0.00000280. The SMILES string of the molecule is CCCCCOc1ccc(C(O)C(C[NH+]2CCCC2)c2ccccc2)cc1.[Cl-]. The molecular weight excluding hydrogens is 370 g/mol. The van der Waals surface area contributed by atoms with Crippen LogP contribution in [0.25, 0.3) is 0 Å². The van der Waals surface area contributed by atoms with Crippen molar-refractivity contribution in [2.24, 2.45) is 0 Å². The van der Waals surface area contributed by atoms with Crippen LogP contribution in [0.3, 0.4) is 0 Å². The Kier molecular flexibility index (Phi) is 9.83. The second-order valence-corrected chi connectivity index (χ2v) is 7.75. The largest absolute Gasteiger partial charge is 1.00 e. The van der Waals surface area contributed by atoms with E-state index in [0.29, 0.717) is 0 Å². The minimum absolute atomic E-state index is 0. The summed E-state index contributed by atoms with van der Waals surface area (Å²) in [7, 11) is 0. The Labute approximate surface area is 176 Å². The Morgan fingerprint density at radius 1 is 0.929 bits per heavy atom. The predicted octanol–water partition coefficient (Wildman–Crippen LogP) is 0.756. The minimum Gasteiger partial charge on any atom is -1.00 e. The normalized spacial score (nSPS) is 16.4. The first-order valence-corrected chi connectivity index (χ1v) is 10.6. The molecule has 2 unspecified atom stereocenters. The molecule has 2 aromatic rings. The molecule has 1 fully saturated rings. The zero-order valence-corrected chi connectivity index (χ0v) is 17.7. The lowest BCUT2D eigenvalue weighted by molar-refractivity contribution is -0.889. The standard InChI is InChI=1S/C24H33NO2.ClH/c1-2-3-9-18-27-22-14-12-21(13-15-22)24(26)23(19-25-16-7-8-17-25)20-10-5-4-6-11-20;/h4-6,10-15,23-24,26H,2-3,7-9,16-19H2,1H3;1H. The molecule has 0 bridgehead atoms. The van der Waals surface area contributed by atoms with Crippen LogP contribution in [0.15, 0.2) is 54.6 Å². The lowest BCUT2D eigenvalue weighted by Crippen LogP contribution is -3.10. The number of halogens is 1. The molecule has 2 aromatic carbocycles. The molecule has 3 rings (SSSR count). The Hall–Kier alpha value is -1.55. The average molecular weight is 404 g/mol. The highest BCUT2D eigenvalue weighted by Gasteiger charge is 2.28. The van der Waals surface area contributed by atoms with Gasteiger partial charge in [0.05, 0.1) is 38.3 Å². The van der Waals surface area contributed by atoms with Crippen molar-refractivity contribution in [2.75, 3.05) is 26.2 Å². The second-order valence-electron chi connectivity index (χ2n) is 7.75. The minimum atomic E-state index is -0.491. The Bertz CT molecular complexity index is 656. The number of ether oxygens (including phenoxy) is 1. The average Bonchev–Trinajstić information content (AvgIpc) is 3.23. The molecule has 1 heterocycles. The summed E-state index contributed by atoms with van der Waals surface area (Å²) < 4.78 is 5.81. The molecule has 2 N–H and O–H groups in total. The van der Waals surface area contributed by atoms with E-state index in [2.05, 4.69) is 31.2 Å². The fourth-order valence-corrected chi connectivity index (χ4v) is 4.04. The van der Waals surface area contributed by atoms with E-state index in [9.17, 15) is 5.11 Å². The summed E-state index contributed by atoms with van der Waals surface area (Å²) in [6.07, 6.45) is 5.61. The van der Waals surface area contributed by atoms with Crippen LogP contribution in [0, 0.1) is 0 Å². The molecule has 154 valence electrons. The smallest absolute Gasteiger partial charge is 0.119 e. The maximum absolute atomic E-state index is 11.2. The third-order valence-corrected chi connectivity index (χ3v) is 5.67. The van der Waals surface area contributed by atoms with Gasteiger partial charge in [-0.25, -0.2) is 0 Å². The molecule has 28 heavy (non-hydrogen) atoms. The molecule has 1 saturated heterocycles. The molecule has 1 aliphatic rings. The van der Waals surface area contributed by atoms with Crippen LogP contribution in [0.2, 0.25) is 0 Å². The van der Waals surface area contributed by atoms with Gasteiger partial charge in [0.2, 0.25) is 0 Å². The van der Waals surface area contributed by atoms with Crippen molar-refractivity contribution in [1.82, 2.24) is 0 Å². The topological polar surface area (TPSA) is 33.9 Å². The van der Waals surface area contributed by atoms with Crippen molar-refractivity contribution in [2.45, 2.75) is 51.0 Å². The third kappa shape index (κ3) is 6.51. The summed E-state index contributed by atoms with van der Waals surface area (Å²) in [6, 6.07) is 18.5. The van der Waals surface area contributed by atoms with Gasteiger partial charge in [-0.3, -0.25) is 0 Å². The van der Waals surface area contributed by atoms with E-state index in [4.69, 9.17) is 4.74 Å². The number of unbranched alkanes of at least 4 members (excludes halogenated alkanes) is 2. The lowest BCUT2D eigenvalue weighted by Gasteiger charge is -2.26. The van der Waals surface area contributed by atoms with Crippen LogP contribution in [0.4, 0.5) is 0 Å². The summed E-state index contributed by atoms with van der Waals surface area (Å²) in [6.45, 7) is 6.39. The third-order valence-electron chi connectivity index (χ3n) is 5.67. The van der Waals surface area contributed by atoms with E-state index < -0.39 is 6.10 Å². The van der Waals surface area contributed by atoms with E-state index in [0.717, 1.165) is 30.9 Å². The van der Waals surface area contributed by atoms with Gasteiger partial charge >= 0.3 is 0 Å². The van der Waals surface area contributed by atoms with Gasteiger partial charge in [0.15, 0.2) is 0 Å². The highest BCUT2D eigenvalue weighted by atomic mass is 35.5. The highest BCUT2D eigenvalue weighted by molar-refractivity contribution is 5.31. The van der Waals surface area contributed by atoms with Gasteiger partial charge < -0.3 is 27.2 Å². The van der Waals surface area contributed by atoms with Crippen molar-refractivity contribution >= 4 is 0 Å². The lowest BCUT2D eigenvalue weighted by atomic mass is 9.88. The van der Waals surface area contributed by atoms with Crippen molar-refractivity contribution < 1.29 is 27.2 Å². The second kappa shape index (κ2) is 12.1. The quantitative estimate of drug-likeness (QED) is 0.574. The molecule has 1 aliphatic heterocycles. The first-order valence-electron chi connectivity index (χ1n) is 10.6. The maximum atomic E-state index is 11.2. The summed E-state index contributed by atoms with van der Waals surface area (Å²) in [5, 5.41) is 11.2. The zero-order chi connectivity index (χ0) is 18.9. The van der Waals surface area contributed by atoms with Crippen LogP contribution in [-0.4, -0.2) is 31.3 Å². The van der Waals surface area contributed by atoms with Gasteiger partial charge in [0.25, 0.3) is 0 Å². The first-order chi connectivity index (χ1) is 13.3. The fraction of sp³-hybridized carbons (Fsp3) is 0.500. The maximum Gasteiger partial charge on any atom is 0.119 e. The van der Waals surface area contributed by atoms with Crippen LogP contribution in [0.5, 0.6) is 5.75 Å². The van der Waals surface area contributed by atoms with E-state index in [-0.39, 0.29) is 18.3 Å². The summed E-state index contributed by atoms with van der Waals surface area (Å²) in [5.41, 5.74) is 2.20. The molecule has 0 saturated carbocycles. The Morgan fingerprint density at radius 3 is 2.25 bits per heavy atom. The predicted molar refractivity (Wildman–Crippen MR) is 110 cm³/mol. The van der Waals surface area contributed by atoms with E-state index in [1.165, 1.54) is 44.3 Å². The monoisotopic (exact) mass is 403 g/mol. The first kappa shape index (κ1) is 22.7. The number of aliphatic hydroxyl groups is 1.